The Bertz CT molecular complexity index is 886. The molecule has 0 aliphatic heterocycles. The minimum Gasteiger partial charge on any atom is -0.396 e. The first-order valence-electron chi connectivity index (χ1n) is 6.88. The third kappa shape index (κ3) is 2.28. The summed E-state index contributed by atoms with van der Waals surface area (Å²) in [6.45, 7) is 1.96. The summed E-state index contributed by atoms with van der Waals surface area (Å²) in [5.41, 5.74) is 10.9. The molecule has 0 saturated carbocycles. The van der Waals surface area contributed by atoms with Crippen LogP contribution in [-0.4, -0.2) is 19.1 Å². The molecule has 1 aromatic carbocycles. The van der Waals surface area contributed by atoms with Crippen LogP contribution in [0.15, 0.2) is 30.3 Å². The molecule has 0 radical (unpaired) electrons. The van der Waals surface area contributed by atoms with Crippen molar-refractivity contribution in [3.63, 3.8) is 0 Å². The van der Waals surface area contributed by atoms with E-state index >= 15 is 0 Å². The Morgan fingerprint density at radius 1 is 1.23 bits per heavy atom. The van der Waals surface area contributed by atoms with E-state index in [0.717, 1.165) is 32.7 Å². The van der Waals surface area contributed by atoms with Crippen molar-refractivity contribution in [3.05, 3.63) is 40.9 Å². The van der Waals surface area contributed by atoms with Crippen LogP contribution in [0.5, 0.6) is 0 Å². The van der Waals surface area contributed by atoms with Crippen LogP contribution in [0.2, 0.25) is 0 Å². The minimum absolute atomic E-state index is 0.527. The smallest absolute Gasteiger partial charge is 0.130 e. The molecule has 5 heteroatoms. The van der Waals surface area contributed by atoms with Gasteiger partial charge in [-0.3, -0.25) is 0 Å². The van der Waals surface area contributed by atoms with Gasteiger partial charge in [0.1, 0.15) is 15.8 Å². The number of hydrogen-bond donors (Lipinski definition) is 1. The zero-order valence-electron chi connectivity index (χ0n) is 12.7. The van der Waals surface area contributed by atoms with Crippen LogP contribution < -0.4 is 10.6 Å². The molecular formula is C17H16N4S. The number of nitrogens with zero attached hydrogens (tertiary/aromatic N) is 3. The average Bonchev–Trinajstić information content (AvgIpc) is 2.82. The van der Waals surface area contributed by atoms with E-state index in [0.29, 0.717) is 10.6 Å². The monoisotopic (exact) mass is 308 g/mol. The van der Waals surface area contributed by atoms with Gasteiger partial charge in [0.15, 0.2) is 0 Å². The molecule has 0 fully saturated rings. The molecule has 0 unspecified atom stereocenters. The lowest BCUT2D eigenvalue weighted by molar-refractivity contribution is 1.13. The van der Waals surface area contributed by atoms with Crippen molar-refractivity contribution < 1.29 is 0 Å². The van der Waals surface area contributed by atoms with Crippen molar-refractivity contribution in [2.75, 3.05) is 24.7 Å². The van der Waals surface area contributed by atoms with Crippen LogP contribution in [0, 0.1) is 18.3 Å². The second kappa shape index (κ2) is 5.32. The quantitative estimate of drug-likeness (QED) is 0.782. The molecule has 0 aliphatic rings. The minimum atomic E-state index is 0.527. The largest absolute Gasteiger partial charge is 0.396 e. The first kappa shape index (κ1) is 14.4. The summed E-state index contributed by atoms with van der Waals surface area (Å²) in [4.78, 5) is 7.92. The predicted octanol–water partition coefficient (Wildman–Crippen LogP) is 3.79. The van der Waals surface area contributed by atoms with E-state index in [2.05, 4.69) is 40.2 Å². The van der Waals surface area contributed by atoms with E-state index in [-0.39, 0.29) is 0 Å². The number of pyridine rings is 1. The van der Waals surface area contributed by atoms with Crippen molar-refractivity contribution in [2.45, 2.75) is 6.92 Å². The van der Waals surface area contributed by atoms with Crippen LogP contribution in [-0.2, 0) is 0 Å². The highest BCUT2D eigenvalue weighted by molar-refractivity contribution is 7.20. The van der Waals surface area contributed by atoms with Gasteiger partial charge in [0, 0.05) is 30.9 Å². The Morgan fingerprint density at radius 2 is 1.91 bits per heavy atom. The first-order valence-corrected chi connectivity index (χ1v) is 7.70. The van der Waals surface area contributed by atoms with Crippen molar-refractivity contribution in [3.8, 4) is 17.2 Å². The van der Waals surface area contributed by atoms with Gasteiger partial charge < -0.3 is 10.6 Å². The summed E-state index contributed by atoms with van der Waals surface area (Å²) in [5.74, 6) is 0. The number of nitrogens with two attached hydrogens (primary N) is 1. The van der Waals surface area contributed by atoms with Crippen LogP contribution in [0.4, 0.5) is 11.4 Å². The van der Waals surface area contributed by atoms with Gasteiger partial charge in [0.2, 0.25) is 0 Å². The third-order valence-electron chi connectivity index (χ3n) is 3.62. The lowest BCUT2D eigenvalue weighted by Crippen LogP contribution is -2.07. The molecule has 0 amide bonds. The number of hydrogen-bond acceptors (Lipinski definition) is 5. The fourth-order valence-electron chi connectivity index (χ4n) is 2.49. The highest BCUT2D eigenvalue weighted by Gasteiger charge is 2.16. The van der Waals surface area contributed by atoms with E-state index in [9.17, 15) is 5.26 Å². The summed E-state index contributed by atoms with van der Waals surface area (Å²) >= 11 is 1.35. The number of benzene rings is 1. The molecule has 0 atom stereocenters. The number of anilines is 2. The third-order valence-corrected chi connectivity index (χ3v) is 4.63. The van der Waals surface area contributed by atoms with E-state index in [4.69, 9.17) is 5.73 Å². The lowest BCUT2D eigenvalue weighted by atomic mass is 10.0. The number of aromatic nitrogens is 1. The molecular weight excluding hydrogens is 292 g/mol. The molecule has 0 aliphatic carbocycles. The topological polar surface area (TPSA) is 65.9 Å². The fourth-order valence-corrected chi connectivity index (χ4v) is 3.46. The van der Waals surface area contributed by atoms with Gasteiger partial charge in [0.25, 0.3) is 0 Å². The second-order valence-electron chi connectivity index (χ2n) is 5.39. The lowest BCUT2D eigenvalue weighted by Gasteiger charge is -2.13. The maximum absolute atomic E-state index is 9.19. The molecule has 2 N–H and O–H groups in total. The van der Waals surface area contributed by atoms with Crippen LogP contribution in [0.3, 0.4) is 0 Å². The maximum atomic E-state index is 9.19. The molecule has 2 heterocycles. The van der Waals surface area contributed by atoms with E-state index in [1.807, 2.05) is 27.1 Å². The number of aryl methyl sites for hydroxylation is 1. The first-order chi connectivity index (χ1) is 10.5. The summed E-state index contributed by atoms with van der Waals surface area (Å²) in [7, 11) is 4.03. The van der Waals surface area contributed by atoms with Gasteiger partial charge in [0.05, 0.1) is 5.69 Å². The molecule has 22 heavy (non-hydrogen) atoms. The second-order valence-corrected chi connectivity index (χ2v) is 6.39. The summed E-state index contributed by atoms with van der Waals surface area (Å²) in [6, 6.07) is 12.5. The predicted molar refractivity (Wildman–Crippen MR) is 93.2 cm³/mol. The molecule has 2 aromatic heterocycles. The van der Waals surface area contributed by atoms with Gasteiger partial charge in [-0.25, -0.2) is 4.98 Å². The van der Waals surface area contributed by atoms with Gasteiger partial charge in [-0.2, -0.15) is 5.26 Å². The van der Waals surface area contributed by atoms with Crippen molar-refractivity contribution in [1.29, 1.82) is 5.26 Å². The van der Waals surface area contributed by atoms with Crippen molar-refractivity contribution in [2.24, 2.45) is 0 Å². The molecule has 4 nitrogen and oxygen atoms in total. The maximum Gasteiger partial charge on any atom is 0.130 e. The Kier molecular flexibility index (Phi) is 3.47. The van der Waals surface area contributed by atoms with Crippen molar-refractivity contribution in [1.82, 2.24) is 4.98 Å². The van der Waals surface area contributed by atoms with Crippen molar-refractivity contribution >= 4 is 32.9 Å². The zero-order chi connectivity index (χ0) is 15.9. The Labute approximate surface area is 133 Å². The summed E-state index contributed by atoms with van der Waals surface area (Å²) < 4.78 is 0. The van der Waals surface area contributed by atoms with Gasteiger partial charge in [-0.05, 0) is 36.2 Å². The molecule has 0 saturated heterocycles. The van der Waals surface area contributed by atoms with Gasteiger partial charge >= 0.3 is 0 Å². The number of fused-ring (bicyclic) bond motifs is 1. The number of nitriles is 1. The van der Waals surface area contributed by atoms with Crippen LogP contribution in [0.25, 0.3) is 21.3 Å². The highest BCUT2D eigenvalue weighted by Crippen LogP contribution is 2.39. The molecule has 3 rings (SSSR count). The number of rotatable bonds is 2. The van der Waals surface area contributed by atoms with Gasteiger partial charge in [-0.1, -0.05) is 12.1 Å². The van der Waals surface area contributed by atoms with E-state index < -0.39 is 0 Å². The summed E-state index contributed by atoms with van der Waals surface area (Å²) in [6.07, 6.45) is 0. The molecule has 3 aromatic rings. The fraction of sp³-hybridized carbons (Fsp3) is 0.176. The Morgan fingerprint density at radius 3 is 2.50 bits per heavy atom. The zero-order valence-corrected chi connectivity index (χ0v) is 13.5. The van der Waals surface area contributed by atoms with E-state index in [1.54, 1.807) is 0 Å². The number of thiophene rings is 1. The van der Waals surface area contributed by atoms with E-state index in [1.165, 1.54) is 11.3 Å². The Hall–Kier alpha value is -2.58. The molecule has 0 bridgehead atoms. The SMILES string of the molecule is Cc1cc(-c2ccc(N(C)C)cc2)c2c(N)c(C#N)sc2n1. The summed E-state index contributed by atoms with van der Waals surface area (Å²) in [5, 5.41) is 10.1. The standard InChI is InChI=1S/C17H16N4S/c1-10-8-13(11-4-6-12(7-5-11)21(2)3)15-16(19)14(9-18)22-17(15)20-10/h4-8H,19H2,1-3H3. The average molecular weight is 308 g/mol. The molecule has 0 spiro atoms. The highest BCUT2D eigenvalue weighted by atomic mass is 32.1. The number of nitrogen functional groups attached to an aromatic ring is 1. The molecule has 110 valence electrons. The van der Waals surface area contributed by atoms with Crippen LogP contribution in [0.1, 0.15) is 10.6 Å². The van der Waals surface area contributed by atoms with Gasteiger partial charge in [-0.15, -0.1) is 11.3 Å². The van der Waals surface area contributed by atoms with Crippen LogP contribution >= 0.6 is 11.3 Å². The Balaban J connectivity index is 2.26. The normalized spacial score (nSPS) is 10.6.